The summed E-state index contributed by atoms with van der Waals surface area (Å²) in [6.07, 6.45) is 9.50. The van der Waals surface area contributed by atoms with E-state index in [-0.39, 0.29) is 5.92 Å². The lowest BCUT2D eigenvalue weighted by atomic mass is 9.89. The van der Waals surface area contributed by atoms with Gasteiger partial charge >= 0.3 is 0 Å². The van der Waals surface area contributed by atoms with E-state index in [0.29, 0.717) is 18.6 Å². The second-order valence-corrected chi connectivity index (χ2v) is 5.96. The number of piperidine rings is 1. The molecule has 1 saturated carbocycles. The fraction of sp³-hybridized carbons (Fsp3) is 0.933. The highest BCUT2D eigenvalue weighted by Gasteiger charge is 2.31. The predicted molar refractivity (Wildman–Crippen MR) is 72.0 cm³/mol. The minimum atomic E-state index is 0.236. The van der Waals surface area contributed by atoms with E-state index >= 15 is 0 Å². The Morgan fingerprint density at radius 2 is 1.94 bits per heavy atom. The van der Waals surface area contributed by atoms with Gasteiger partial charge in [-0.25, -0.2) is 0 Å². The first kappa shape index (κ1) is 13.8. The van der Waals surface area contributed by atoms with E-state index in [1.54, 1.807) is 0 Å². The van der Waals surface area contributed by atoms with Gasteiger partial charge in [-0.05, 0) is 44.6 Å². The molecule has 3 heteroatoms. The Bertz CT molecular complexity index is 285. The van der Waals surface area contributed by atoms with Crippen LogP contribution in [0.5, 0.6) is 0 Å². The highest BCUT2D eigenvalue weighted by atomic mass is 16.3. The van der Waals surface area contributed by atoms with Crippen LogP contribution in [0.25, 0.3) is 0 Å². The molecule has 3 unspecified atom stereocenters. The van der Waals surface area contributed by atoms with Gasteiger partial charge in [-0.15, -0.1) is 0 Å². The first-order valence-electron chi connectivity index (χ1n) is 7.59. The monoisotopic (exact) mass is 250 g/mol. The lowest BCUT2D eigenvalue weighted by Crippen LogP contribution is -2.45. The largest absolute Gasteiger partial charge is 0.396 e. The summed E-state index contributed by atoms with van der Waals surface area (Å²) in [6, 6.07) is 3.03. The van der Waals surface area contributed by atoms with Crippen LogP contribution in [0.15, 0.2) is 0 Å². The average Bonchev–Trinajstić information content (AvgIpc) is 2.64. The molecule has 2 rings (SSSR count). The van der Waals surface area contributed by atoms with E-state index in [2.05, 4.69) is 11.0 Å². The van der Waals surface area contributed by atoms with Crippen molar-refractivity contribution in [2.75, 3.05) is 19.7 Å². The maximum Gasteiger partial charge on any atom is 0.0672 e. The Balaban J connectivity index is 1.97. The van der Waals surface area contributed by atoms with E-state index in [9.17, 15) is 5.26 Å². The van der Waals surface area contributed by atoms with Crippen LogP contribution in [0, 0.1) is 23.2 Å². The summed E-state index contributed by atoms with van der Waals surface area (Å²) in [7, 11) is 0. The number of rotatable bonds is 3. The first-order chi connectivity index (χ1) is 8.85. The Hall–Kier alpha value is -0.590. The Labute approximate surface area is 111 Å². The second-order valence-electron chi connectivity index (χ2n) is 5.96. The highest BCUT2D eigenvalue weighted by molar-refractivity contribution is 4.95. The van der Waals surface area contributed by atoms with Crippen molar-refractivity contribution in [1.29, 1.82) is 5.26 Å². The molecule has 2 aliphatic rings. The molecule has 1 N–H and O–H groups in total. The zero-order chi connectivity index (χ0) is 12.8. The zero-order valence-electron chi connectivity index (χ0n) is 11.4. The number of hydrogen-bond donors (Lipinski definition) is 1. The summed E-state index contributed by atoms with van der Waals surface area (Å²) in [4.78, 5) is 2.56. The van der Waals surface area contributed by atoms with E-state index in [1.165, 1.54) is 38.5 Å². The van der Waals surface area contributed by atoms with E-state index in [4.69, 9.17) is 5.11 Å². The smallest absolute Gasteiger partial charge is 0.0672 e. The minimum Gasteiger partial charge on any atom is -0.396 e. The molecule has 18 heavy (non-hydrogen) atoms. The van der Waals surface area contributed by atoms with Gasteiger partial charge in [0.25, 0.3) is 0 Å². The first-order valence-corrected chi connectivity index (χ1v) is 7.59. The van der Waals surface area contributed by atoms with Gasteiger partial charge in [-0.1, -0.05) is 19.3 Å². The molecule has 0 aromatic rings. The number of nitriles is 1. The molecule has 1 saturated heterocycles. The van der Waals surface area contributed by atoms with Gasteiger partial charge in [0.05, 0.1) is 12.0 Å². The minimum absolute atomic E-state index is 0.236. The van der Waals surface area contributed by atoms with Crippen molar-refractivity contribution in [1.82, 2.24) is 4.90 Å². The van der Waals surface area contributed by atoms with Crippen molar-refractivity contribution in [3.05, 3.63) is 0 Å². The molecule has 0 radical (unpaired) electrons. The van der Waals surface area contributed by atoms with Crippen LogP contribution in [-0.4, -0.2) is 35.7 Å². The quantitative estimate of drug-likeness (QED) is 0.783. The third-order valence-electron chi connectivity index (χ3n) is 4.70. The topological polar surface area (TPSA) is 47.3 Å². The van der Waals surface area contributed by atoms with Crippen molar-refractivity contribution in [2.45, 2.75) is 57.4 Å². The summed E-state index contributed by atoms with van der Waals surface area (Å²) in [6.45, 7) is 2.57. The Morgan fingerprint density at radius 3 is 2.72 bits per heavy atom. The number of nitrogens with zero attached hydrogens (tertiary/aromatic N) is 2. The van der Waals surface area contributed by atoms with E-state index in [0.717, 1.165) is 25.9 Å². The molecule has 3 nitrogen and oxygen atoms in total. The summed E-state index contributed by atoms with van der Waals surface area (Å²) in [5, 5.41) is 18.5. The Kier molecular flexibility index (Phi) is 5.46. The number of hydrogen-bond acceptors (Lipinski definition) is 3. The van der Waals surface area contributed by atoms with Crippen LogP contribution in [0.3, 0.4) is 0 Å². The molecule has 1 aliphatic heterocycles. The summed E-state index contributed by atoms with van der Waals surface area (Å²) >= 11 is 0. The van der Waals surface area contributed by atoms with Gasteiger partial charge in [-0.3, -0.25) is 4.90 Å². The van der Waals surface area contributed by atoms with Crippen molar-refractivity contribution in [2.24, 2.45) is 11.8 Å². The van der Waals surface area contributed by atoms with Gasteiger partial charge in [0.1, 0.15) is 0 Å². The molecule has 0 bridgehead atoms. The number of aliphatic hydroxyl groups excluding tert-OH is 1. The van der Waals surface area contributed by atoms with Gasteiger partial charge in [0.2, 0.25) is 0 Å². The van der Waals surface area contributed by atoms with Crippen molar-refractivity contribution in [3.8, 4) is 6.07 Å². The number of aliphatic hydroxyl groups is 1. The van der Waals surface area contributed by atoms with Crippen molar-refractivity contribution < 1.29 is 5.11 Å². The third-order valence-corrected chi connectivity index (χ3v) is 4.70. The SMILES string of the molecule is N#CC1CCCCCC1N1CCCC(CCO)C1. The average molecular weight is 250 g/mol. The molecule has 102 valence electrons. The molecule has 1 aliphatic carbocycles. The third kappa shape index (κ3) is 3.46. The number of likely N-dealkylation sites (tertiary alicyclic amines) is 1. The van der Waals surface area contributed by atoms with Gasteiger partial charge in [0.15, 0.2) is 0 Å². The standard InChI is InChI=1S/C15H26N2O/c16-11-14-6-2-1-3-7-15(14)17-9-4-5-13(12-17)8-10-18/h13-15,18H,1-10,12H2. The van der Waals surface area contributed by atoms with Crippen LogP contribution < -0.4 is 0 Å². The van der Waals surface area contributed by atoms with Crippen molar-refractivity contribution in [3.63, 3.8) is 0 Å². The van der Waals surface area contributed by atoms with Crippen molar-refractivity contribution >= 4 is 0 Å². The fourth-order valence-corrected chi connectivity index (χ4v) is 3.69. The van der Waals surface area contributed by atoms with Crippen LogP contribution >= 0.6 is 0 Å². The summed E-state index contributed by atoms with van der Waals surface area (Å²) in [5.74, 6) is 0.881. The van der Waals surface area contributed by atoms with Gasteiger partial charge in [0, 0.05) is 19.2 Å². The predicted octanol–water partition coefficient (Wildman–Crippen LogP) is 2.55. The fourth-order valence-electron chi connectivity index (χ4n) is 3.69. The molecule has 0 spiro atoms. The molecule has 1 heterocycles. The highest BCUT2D eigenvalue weighted by Crippen LogP contribution is 2.30. The molecular weight excluding hydrogens is 224 g/mol. The molecular formula is C15H26N2O. The molecule has 0 aromatic heterocycles. The van der Waals surface area contributed by atoms with Crippen LogP contribution in [0.4, 0.5) is 0 Å². The molecule has 0 aromatic carbocycles. The maximum absolute atomic E-state index is 9.37. The normalized spacial score (nSPS) is 34.8. The summed E-state index contributed by atoms with van der Waals surface area (Å²) < 4.78 is 0. The molecule has 3 atom stereocenters. The zero-order valence-corrected chi connectivity index (χ0v) is 11.4. The van der Waals surface area contributed by atoms with Gasteiger partial charge in [-0.2, -0.15) is 5.26 Å². The Morgan fingerprint density at radius 1 is 1.11 bits per heavy atom. The van der Waals surface area contributed by atoms with Crippen LogP contribution in [0.1, 0.15) is 51.4 Å². The van der Waals surface area contributed by atoms with Crippen LogP contribution in [-0.2, 0) is 0 Å². The van der Waals surface area contributed by atoms with E-state index in [1.807, 2.05) is 0 Å². The summed E-state index contributed by atoms with van der Waals surface area (Å²) in [5.41, 5.74) is 0. The maximum atomic E-state index is 9.37. The molecule has 2 fully saturated rings. The van der Waals surface area contributed by atoms with Crippen LogP contribution in [0.2, 0.25) is 0 Å². The lowest BCUT2D eigenvalue weighted by Gasteiger charge is -2.39. The van der Waals surface area contributed by atoms with E-state index < -0.39 is 0 Å². The van der Waals surface area contributed by atoms with Gasteiger partial charge < -0.3 is 5.11 Å². The second kappa shape index (κ2) is 7.11. The molecule has 0 amide bonds. The lowest BCUT2D eigenvalue weighted by molar-refractivity contribution is 0.0847.